The molecule has 3 heterocycles. The second kappa shape index (κ2) is 7.85. The van der Waals surface area contributed by atoms with E-state index < -0.39 is 0 Å². The normalized spacial score (nSPS) is 10.8. The molecule has 30 heavy (non-hydrogen) atoms. The molecule has 0 aliphatic rings. The summed E-state index contributed by atoms with van der Waals surface area (Å²) in [5.41, 5.74) is 4.82. The molecule has 0 radical (unpaired) electrons. The van der Waals surface area contributed by atoms with Gasteiger partial charge in [0.1, 0.15) is 0 Å². The van der Waals surface area contributed by atoms with Crippen molar-refractivity contribution in [3.8, 4) is 22.5 Å². The van der Waals surface area contributed by atoms with Crippen LogP contribution in [0.25, 0.3) is 33.4 Å². The number of pyridine rings is 2. The van der Waals surface area contributed by atoms with Gasteiger partial charge < -0.3 is 0 Å². The van der Waals surface area contributed by atoms with Gasteiger partial charge in [0.15, 0.2) is 5.13 Å². The van der Waals surface area contributed by atoms with Crippen LogP contribution in [-0.2, 0) is 0 Å². The summed E-state index contributed by atoms with van der Waals surface area (Å²) in [6.45, 7) is 0. The van der Waals surface area contributed by atoms with Crippen molar-refractivity contribution < 1.29 is 4.79 Å². The standard InChI is InChI=1S/C24H16N4OS/c29-23(28-24-27-22(15-30-24)16-6-2-1-3-7-16)19-14-21(17-10-12-25-13-11-17)26-20-9-5-4-8-18(19)20/h1-15H,(H,27,28,29). The highest BCUT2D eigenvalue weighted by molar-refractivity contribution is 7.14. The minimum absolute atomic E-state index is 0.210. The maximum absolute atomic E-state index is 13.2. The lowest BCUT2D eigenvalue weighted by atomic mass is 10.0. The molecule has 0 fully saturated rings. The number of hydrogen-bond acceptors (Lipinski definition) is 5. The number of thiazole rings is 1. The van der Waals surface area contributed by atoms with Gasteiger partial charge in [0.2, 0.25) is 0 Å². The molecule has 0 aliphatic heterocycles. The van der Waals surface area contributed by atoms with E-state index in [1.54, 1.807) is 12.4 Å². The van der Waals surface area contributed by atoms with Crippen molar-refractivity contribution in [2.24, 2.45) is 0 Å². The third-order valence-electron chi connectivity index (χ3n) is 4.73. The molecule has 5 aromatic rings. The van der Waals surface area contributed by atoms with Crippen molar-refractivity contribution in [2.75, 3.05) is 5.32 Å². The molecule has 1 N–H and O–H groups in total. The predicted octanol–water partition coefficient (Wildman–Crippen LogP) is 5.67. The number of carbonyl (C=O) groups excluding carboxylic acids is 1. The van der Waals surface area contributed by atoms with Crippen molar-refractivity contribution in [3.05, 3.63) is 96.1 Å². The fourth-order valence-electron chi connectivity index (χ4n) is 3.27. The topological polar surface area (TPSA) is 67.8 Å². The number of anilines is 1. The summed E-state index contributed by atoms with van der Waals surface area (Å²) in [7, 11) is 0. The third-order valence-corrected chi connectivity index (χ3v) is 5.49. The Morgan fingerprint density at radius 2 is 1.53 bits per heavy atom. The second-order valence-electron chi connectivity index (χ2n) is 6.67. The Bertz CT molecular complexity index is 1330. The summed E-state index contributed by atoms with van der Waals surface area (Å²) in [5.74, 6) is -0.210. The molecule has 144 valence electrons. The largest absolute Gasteiger partial charge is 0.298 e. The lowest BCUT2D eigenvalue weighted by Crippen LogP contribution is -2.13. The van der Waals surface area contributed by atoms with Crippen LogP contribution in [0.2, 0.25) is 0 Å². The number of fused-ring (bicyclic) bond motifs is 1. The van der Waals surface area contributed by atoms with E-state index in [0.717, 1.165) is 33.4 Å². The smallest absolute Gasteiger partial charge is 0.258 e. The first-order chi connectivity index (χ1) is 14.8. The number of carbonyl (C=O) groups is 1. The Hall–Kier alpha value is -3.90. The zero-order valence-electron chi connectivity index (χ0n) is 15.8. The van der Waals surface area contributed by atoms with E-state index in [1.807, 2.05) is 78.2 Å². The fourth-order valence-corrected chi connectivity index (χ4v) is 3.99. The van der Waals surface area contributed by atoms with Crippen LogP contribution >= 0.6 is 11.3 Å². The molecule has 5 nitrogen and oxygen atoms in total. The zero-order valence-corrected chi connectivity index (χ0v) is 16.6. The van der Waals surface area contributed by atoms with Crippen LogP contribution in [0.4, 0.5) is 5.13 Å². The molecule has 0 bridgehead atoms. The van der Waals surface area contributed by atoms with Gasteiger partial charge in [-0.1, -0.05) is 48.5 Å². The summed E-state index contributed by atoms with van der Waals surface area (Å²) in [6, 6.07) is 23.1. The second-order valence-corrected chi connectivity index (χ2v) is 7.52. The Morgan fingerprint density at radius 3 is 2.37 bits per heavy atom. The SMILES string of the molecule is O=C(Nc1nc(-c2ccccc2)cs1)c1cc(-c2ccncc2)nc2ccccc12. The van der Waals surface area contributed by atoms with E-state index in [2.05, 4.69) is 15.3 Å². The molecule has 0 atom stereocenters. The van der Waals surface area contributed by atoms with Gasteiger partial charge in [-0.2, -0.15) is 0 Å². The van der Waals surface area contributed by atoms with Crippen molar-refractivity contribution in [1.29, 1.82) is 0 Å². The zero-order chi connectivity index (χ0) is 20.3. The fraction of sp³-hybridized carbons (Fsp3) is 0. The van der Waals surface area contributed by atoms with Crippen molar-refractivity contribution in [1.82, 2.24) is 15.0 Å². The quantitative estimate of drug-likeness (QED) is 0.416. The van der Waals surface area contributed by atoms with Crippen molar-refractivity contribution in [2.45, 2.75) is 0 Å². The highest BCUT2D eigenvalue weighted by atomic mass is 32.1. The van der Waals surface area contributed by atoms with Gasteiger partial charge in [-0.25, -0.2) is 9.97 Å². The number of nitrogens with one attached hydrogen (secondary N) is 1. The summed E-state index contributed by atoms with van der Waals surface area (Å²) in [5, 5.41) is 6.25. The van der Waals surface area contributed by atoms with Gasteiger partial charge in [-0.3, -0.25) is 15.1 Å². The molecular formula is C24H16N4OS. The van der Waals surface area contributed by atoms with Crippen LogP contribution in [0.15, 0.2) is 90.6 Å². The van der Waals surface area contributed by atoms with Gasteiger partial charge in [0.25, 0.3) is 5.91 Å². The number of benzene rings is 2. The summed E-state index contributed by atoms with van der Waals surface area (Å²) in [6.07, 6.45) is 3.43. The van der Waals surface area contributed by atoms with Gasteiger partial charge in [0.05, 0.1) is 22.5 Å². The molecule has 0 saturated carbocycles. The maximum atomic E-state index is 13.2. The minimum atomic E-state index is -0.210. The van der Waals surface area contributed by atoms with E-state index in [1.165, 1.54) is 11.3 Å². The number of rotatable bonds is 4. The van der Waals surface area contributed by atoms with E-state index in [-0.39, 0.29) is 5.91 Å². The first-order valence-electron chi connectivity index (χ1n) is 9.40. The molecule has 5 rings (SSSR count). The molecule has 3 aromatic heterocycles. The molecule has 2 aromatic carbocycles. The van der Waals surface area contributed by atoms with Crippen LogP contribution in [0, 0.1) is 0 Å². The van der Waals surface area contributed by atoms with Crippen LogP contribution in [0.5, 0.6) is 0 Å². The number of hydrogen-bond donors (Lipinski definition) is 1. The van der Waals surface area contributed by atoms with E-state index >= 15 is 0 Å². The average molecular weight is 408 g/mol. The Balaban J connectivity index is 1.51. The summed E-state index contributed by atoms with van der Waals surface area (Å²) in [4.78, 5) is 26.5. The van der Waals surface area contributed by atoms with Gasteiger partial charge in [-0.15, -0.1) is 11.3 Å². The number of amides is 1. The minimum Gasteiger partial charge on any atom is -0.298 e. The number of aromatic nitrogens is 3. The van der Waals surface area contributed by atoms with Crippen LogP contribution in [-0.4, -0.2) is 20.9 Å². The molecule has 0 spiro atoms. The lowest BCUT2D eigenvalue weighted by Gasteiger charge is -2.09. The average Bonchev–Trinajstić information content (AvgIpc) is 3.28. The van der Waals surface area contributed by atoms with E-state index in [0.29, 0.717) is 10.7 Å². The van der Waals surface area contributed by atoms with Crippen molar-refractivity contribution >= 4 is 33.3 Å². The summed E-state index contributed by atoms with van der Waals surface area (Å²) < 4.78 is 0. The monoisotopic (exact) mass is 408 g/mol. The van der Waals surface area contributed by atoms with Gasteiger partial charge in [0, 0.05) is 34.3 Å². The molecule has 0 aliphatic carbocycles. The Labute approximate surface area is 177 Å². The van der Waals surface area contributed by atoms with Crippen molar-refractivity contribution in [3.63, 3.8) is 0 Å². The van der Waals surface area contributed by atoms with Crippen LogP contribution < -0.4 is 5.32 Å². The molecule has 0 saturated heterocycles. The predicted molar refractivity (Wildman–Crippen MR) is 120 cm³/mol. The van der Waals surface area contributed by atoms with Gasteiger partial charge >= 0.3 is 0 Å². The Kier molecular flexibility index (Phi) is 4.75. The van der Waals surface area contributed by atoms with E-state index in [9.17, 15) is 4.79 Å². The lowest BCUT2D eigenvalue weighted by molar-refractivity contribution is 0.102. The highest BCUT2D eigenvalue weighted by Crippen LogP contribution is 2.28. The van der Waals surface area contributed by atoms with Crippen LogP contribution in [0.3, 0.4) is 0 Å². The molecule has 1 amide bonds. The first kappa shape index (κ1) is 18.1. The Morgan fingerprint density at radius 1 is 0.800 bits per heavy atom. The highest BCUT2D eigenvalue weighted by Gasteiger charge is 2.16. The van der Waals surface area contributed by atoms with E-state index in [4.69, 9.17) is 4.98 Å². The molecule has 0 unspecified atom stereocenters. The molecule has 6 heteroatoms. The third kappa shape index (κ3) is 3.56. The first-order valence-corrected chi connectivity index (χ1v) is 10.3. The van der Waals surface area contributed by atoms with Crippen LogP contribution in [0.1, 0.15) is 10.4 Å². The number of nitrogens with zero attached hydrogens (tertiary/aromatic N) is 3. The molecular weight excluding hydrogens is 392 g/mol. The maximum Gasteiger partial charge on any atom is 0.258 e. The van der Waals surface area contributed by atoms with Gasteiger partial charge in [-0.05, 0) is 24.3 Å². The number of para-hydroxylation sites is 1. The summed E-state index contributed by atoms with van der Waals surface area (Å²) >= 11 is 1.41.